The highest BCUT2D eigenvalue weighted by molar-refractivity contribution is 5.67. The molecule has 1 amide bonds. The predicted octanol–water partition coefficient (Wildman–Crippen LogP) is 3.06. The number of alkyl carbamates (subject to hydrolysis) is 1. The van der Waals surface area contributed by atoms with E-state index in [0.29, 0.717) is 6.61 Å². The number of amides is 1. The van der Waals surface area contributed by atoms with E-state index >= 15 is 0 Å². The summed E-state index contributed by atoms with van der Waals surface area (Å²) in [6.07, 6.45) is 6.25. The Morgan fingerprint density at radius 2 is 2.18 bits per heavy atom. The van der Waals surface area contributed by atoms with E-state index in [4.69, 9.17) is 4.74 Å². The van der Waals surface area contributed by atoms with Crippen molar-refractivity contribution in [2.24, 2.45) is 0 Å². The Morgan fingerprint density at radius 1 is 1.35 bits per heavy atom. The predicted molar refractivity (Wildman–Crippen MR) is 66.3 cm³/mol. The number of carbonyl (C=O) groups is 1. The first-order valence-electron chi connectivity index (χ1n) is 6.13. The molecule has 1 fully saturated rings. The first-order chi connectivity index (χ1) is 8.34. The lowest BCUT2D eigenvalue weighted by Gasteiger charge is -2.22. The smallest absolute Gasteiger partial charge is 0.407 e. The summed E-state index contributed by atoms with van der Waals surface area (Å²) in [5.74, 6) is 0. The summed E-state index contributed by atoms with van der Waals surface area (Å²) in [6.45, 7) is 0.336. The summed E-state index contributed by atoms with van der Waals surface area (Å²) < 4.78 is 5.17. The molecule has 2 rings (SSSR count). The van der Waals surface area contributed by atoms with Gasteiger partial charge >= 0.3 is 6.09 Å². The molecule has 1 N–H and O–H groups in total. The zero-order valence-electron chi connectivity index (χ0n) is 9.89. The highest BCUT2D eigenvalue weighted by atomic mass is 16.5. The van der Waals surface area contributed by atoms with Crippen LogP contribution in [-0.4, -0.2) is 12.1 Å². The van der Waals surface area contributed by atoms with Crippen molar-refractivity contribution in [3.63, 3.8) is 0 Å². The molecule has 3 nitrogen and oxygen atoms in total. The molecule has 0 heterocycles. The van der Waals surface area contributed by atoms with Crippen LogP contribution < -0.4 is 5.32 Å². The van der Waals surface area contributed by atoms with Gasteiger partial charge in [-0.25, -0.2) is 4.79 Å². The van der Waals surface area contributed by atoms with Crippen molar-refractivity contribution < 1.29 is 9.53 Å². The quantitative estimate of drug-likeness (QED) is 0.869. The summed E-state index contributed by atoms with van der Waals surface area (Å²) in [4.78, 5) is 11.5. The van der Waals surface area contributed by atoms with Crippen LogP contribution >= 0.6 is 0 Å². The Balaban J connectivity index is 1.70. The van der Waals surface area contributed by atoms with Crippen molar-refractivity contribution in [2.45, 2.75) is 38.3 Å². The van der Waals surface area contributed by atoms with Gasteiger partial charge in [0.05, 0.1) is 0 Å². The Bertz CT molecular complexity index is 344. The lowest BCUT2D eigenvalue weighted by Crippen LogP contribution is -2.36. The van der Waals surface area contributed by atoms with Crippen LogP contribution in [0.2, 0.25) is 0 Å². The molecule has 91 valence electrons. The third kappa shape index (κ3) is 4.10. The van der Waals surface area contributed by atoms with Crippen LogP contribution in [0.25, 0.3) is 0 Å². The van der Waals surface area contributed by atoms with Gasteiger partial charge in [0.2, 0.25) is 0 Å². The molecule has 1 aliphatic carbocycles. The topological polar surface area (TPSA) is 38.3 Å². The third-order valence-corrected chi connectivity index (χ3v) is 2.95. The molecular weight excluding hydrogens is 214 g/mol. The van der Waals surface area contributed by atoms with Gasteiger partial charge < -0.3 is 10.1 Å². The third-order valence-electron chi connectivity index (χ3n) is 2.95. The first kappa shape index (κ1) is 12.0. The van der Waals surface area contributed by atoms with Crippen LogP contribution in [-0.2, 0) is 11.3 Å². The molecule has 0 spiro atoms. The molecule has 1 saturated carbocycles. The monoisotopic (exact) mass is 232 g/mol. The van der Waals surface area contributed by atoms with Gasteiger partial charge in [-0.3, -0.25) is 0 Å². The molecule has 1 aromatic carbocycles. The minimum absolute atomic E-state index is 0.257. The van der Waals surface area contributed by atoms with Crippen LogP contribution in [0.1, 0.15) is 31.2 Å². The lowest BCUT2D eigenvalue weighted by atomic mass is 9.96. The second kappa shape index (κ2) is 6.28. The molecule has 0 bridgehead atoms. The minimum atomic E-state index is -0.311. The number of hydrogen-bond acceptors (Lipinski definition) is 2. The number of ether oxygens (including phenoxy) is 1. The molecule has 1 unspecified atom stereocenters. The van der Waals surface area contributed by atoms with Crippen molar-refractivity contribution in [3.8, 4) is 0 Å². The molecule has 1 radical (unpaired) electrons. The lowest BCUT2D eigenvalue weighted by molar-refractivity contribution is 0.134. The maximum absolute atomic E-state index is 11.5. The van der Waals surface area contributed by atoms with E-state index < -0.39 is 0 Å². The van der Waals surface area contributed by atoms with Crippen LogP contribution in [0.5, 0.6) is 0 Å². The van der Waals surface area contributed by atoms with Gasteiger partial charge in [-0.15, -0.1) is 0 Å². The Morgan fingerprint density at radius 3 is 2.88 bits per heavy atom. The van der Waals surface area contributed by atoms with Crippen molar-refractivity contribution in [1.29, 1.82) is 0 Å². The molecule has 0 aromatic heterocycles. The SMILES string of the molecule is O=C(NC1C[CH]CCC1)OCc1ccccc1. The van der Waals surface area contributed by atoms with Crippen LogP contribution in [0.3, 0.4) is 0 Å². The van der Waals surface area contributed by atoms with Gasteiger partial charge in [-0.05, 0) is 24.8 Å². The van der Waals surface area contributed by atoms with E-state index in [0.717, 1.165) is 31.2 Å². The standard InChI is InChI=1S/C14H18NO2/c16-14(15-13-9-5-2-6-10-13)17-11-12-7-3-1-4-8-12/h1,3-5,7-8,13H,2,6,9-11H2,(H,15,16). The number of rotatable bonds is 3. The van der Waals surface area contributed by atoms with Crippen molar-refractivity contribution in [2.75, 3.05) is 0 Å². The largest absolute Gasteiger partial charge is 0.445 e. The maximum Gasteiger partial charge on any atom is 0.407 e. The average Bonchev–Trinajstić information content (AvgIpc) is 2.39. The van der Waals surface area contributed by atoms with Gasteiger partial charge in [0, 0.05) is 6.04 Å². The van der Waals surface area contributed by atoms with E-state index in [-0.39, 0.29) is 12.1 Å². The fraction of sp³-hybridized carbons (Fsp3) is 0.429. The van der Waals surface area contributed by atoms with E-state index in [1.807, 2.05) is 30.3 Å². The van der Waals surface area contributed by atoms with Crippen LogP contribution in [0.4, 0.5) is 4.79 Å². The van der Waals surface area contributed by atoms with Crippen molar-refractivity contribution in [3.05, 3.63) is 42.3 Å². The number of nitrogens with one attached hydrogen (secondary N) is 1. The fourth-order valence-electron chi connectivity index (χ4n) is 2.01. The number of hydrogen-bond donors (Lipinski definition) is 1. The van der Waals surface area contributed by atoms with Crippen molar-refractivity contribution in [1.82, 2.24) is 5.32 Å². The molecule has 1 aliphatic rings. The number of benzene rings is 1. The Hall–Kier alpha value is -1.51. The highest BCUT2D eigenvalue weighted by Crippen LogP contribution is 2.16. The molecule has 1 atom stereocenters. The summed E-state index contributed by atoms with van der Waals surface area (Å²) >= 11 is 0. The zero-order valence-corrected chi connectivity index (χ0v) is 9.89. The molecular formula is C14H18NO2. The Labute approximate surface area is 102 Å². The summed E-state index contributed by atoms with van der Waals surface area (Å²) in [5, 5.41) is 2.90. The van der Waals surface area contributed by atoms with Crippen molar-refractivity contribution >= 4 is 6.09 Å². The molecule has 1 aromatic rings. The average molecular weight is 232 g/mol. The minimum Gasteiger partial charge on any atom is -0.445 e. The van der Waals surface area contributed by atoms with Gasteiger partial charge in [-0.1, -0.05) is 43.2 Å². The second-order valence-corrected chi connectivity index (χ2v) is 4.36. The normalized spacial score (nSPS) is 16.5. The van der Waals surface area contributed by atoms with E-state index in [9.17, 15) is 4.79 Å². The van der Waals surface area contributed by atoms with Gasteiger partial charge in [0.25, 0.3) is 0 Å². The van der Waals surface area contributed by atoms with Crippen LogP contribution in [0.15, 0.2) is 30.3 Å². The van der Waals surface area contributed by atoms with Gasteiger partial charge in [0.1, 0.15) is 6.61 Å². The van der Waals surface area contributed by atoms with E-state index in [1.54, 1.807) is 0 Å². The molecule has 17 heavy (non-hydrogen) atoms. The summed E-state index contributed by atoms with van der Waals surface area (Å²) in [7, 11) is 0. The van der Waals surface area contributed by atoms with Gasteiger partial charge in [-0.2, -0.15) is 0 Å². The van der Waals surface area contributed by atoms with E-state index in [2.05, 4.69) is 11.7 Å². The molecule has 3 heteroatoms. The molecule has 0 aliphatic heterocycles. The summed E-state index contributed by atoms with van der Waals surface area (Å²) in [5.41, 5.74) is 1.01. The maximum atomic E-state index is 11.5. The van der Waals surface area contributed by atoms with E-state index in [1.165, 1.54) is 0 Å². The summed E-state index contributed by atoms with van der Waals surface area (Å²) in [6, 6.07) is 9.97. The van der Waals surface area contributed by atoms with Gasteiger partial charge in [0.15, 0.2) is 0 Å². The molecule has 0 saturated heterocycles. The first-order valence-corrected chi connectivity index (χ1v) is 6.13. The van der Waals surface area contributed by atoms with Crippen LogP contribution in [0, 0.1) is 6.42 Å². The zero-order chi connectivity index (χ0) is 11.9. The fourth-order valence-corrected chi connectivity index (χ4v) is 2.01. The Kier molecular flexibility index (Phi) is 4.42. The number of carbonyl (C=O) groups excluding carboxylic acids is 1. The second-order valence-electron chi connectivity index (χ2n) is 4.36. The highest BCUT2D eigenvalue weighted by Gasteiger charge is 2.16.